The van der Waals surface area contributed by atoms with Gasteiger partial charge < -0.3 is 41.3 Å². The Labute approximate surface area is 439 Å². The Morgan fingerprint density at radius 3 is 2.36 bits per heavy atom. The zero-order valence-corrected chi connectivity index (χ0v) is 44.2. The zero-order chi connectivity index (χ0) is 52.9. The number of thiazole rings is 1. The molecule has 0 bridgehead atoms. The van der Waals surface area contributed by atoms with E-state index in [1.807, 2.05) is 35.6 Å². The molecule has 2 heterocycles. The maximum Gasteiger partial charge on any atom is 0.277 e. The highest BCUT2D eigenvalue weighted by atomic mass is 127. The van der Waals surface area contributed by atoms with E-state index >= 15 is 0 Å². The lowest BCUT2D eigenvalue weighted by molar-refractivity contribution is -0.145. The van der Waals surface area contributed by atoms with Crippen molar-refractivity contribution in [1.29, 1.82) is 0 Å². The molecular weight excluding hydrogens is 1090 g/mol. The van der Waals surface area contributed by atoms with Gasteiger partial charge in [-0.3, -0.25) is 28.8 Å². The van der Waals surface area contributed by atoms with Crippen LogP contribution in [0.4, 0.5) is 28.9 Å². The summed E-state index contributed by atoms with van der Waals surface area (Å²) in [5, 5.41) is 24.7. The molecule has 396 valence electrons. The highest BCUT2D eigenvalue weighted by molar-refractivity contribution is 14.1. The van der Waals surface area contributed by atoms with E-state index in [1.54, 1.807) is 44.5 Å². The number of hydrogen-bond acceptors (Lipinski definition) is 12. The quantitative estimate of drug-likeness (QED) is 0.0144. The first kappa shape index (κ1) is 56.9. The summed E-state index contributed by atoms with van der Waals surface area (Å²) in [7, 11) is 0. The van der Waals surface area contributed by atoms with Crippen LogP contribution in [0.1, 0.15) is 100 Å². The monoisotopic (exact) mass is 1150 g/mol. The van der Waals surface area contributed by atoms with E-state index in [0.717, 1.165) is 66.9 Å². The van der Waals surface area contributed by atoms with Crippen LogP contribution in [0.5, 0.6) is 5.75 Å². The minimum absolute atomic E-state index is 0.0236. The van der Waals surface area contributed by atoms with Crippen LogP contribution in [-0.2, 0) is 30.6 Å². The van der Waals surface area contributed by atoms with Crippen molar-refractivity contribution >= 4 is 74.8 Å². The molecule has 73 heavy (non-hydrogen) atoms. The number of aryl methyl sites for hydroxylation is 1. The fraction of sp³-hybridized carbons (Fsp3) is 0.490. The number of nitrogens with zero attached hydrogens (tertiary/aromatic N) is 2. The number of β-amino-alcohol motifs (C(OH)–C–C–N with tert-alkyl or cyclic N) is 1. The molecular formula is C51H63F4IN8O8S. The highest BCUT2D eigenvalue weighted by Crippen LogP contribution is 2.41. The Bertz CT molecular complexity index is 2600. The van der Waals surface area contributed by atoms with Crippen LogP contribution in [0.2, 0.25) is 0 Å². The molecule has 1 saturated carbocycles. The molecule has 6 rings (SSSR count). The van der Waals surface area contributed by atoms with Crippen molar-refractivity contribution < 1.29 is 56.2 Å². The summed E-state index contributed by atoms with van der Waals surface area (Å²) in [5.74, 6) is -6.00. The van der Waals surface area contributed by atoms with E-state index < -0.39 is 76.0 Å². The molecule has 3 atom stereocenters. The number of amides is 5. The van der Waals surface area contributed by atoms with Gasteiger partial charge in [-0.2, -0.15) is 0 Å². The van der Waals surface area contributed by atoms with Gasteiger partial charge in [-0.05, 0) is 122 Å². The molecule has 4 aromatic rings. The summed E-state index contributed by atoms with van der Waals surface area (Å²) in [5.41, 5.74) is 2.43. The highest BCUT2D eigenvalue weighted by Gasteiger charge is 2.53. The number of aromatic nitrogens is 1. The Balaban J connectivity index is 0.874. The van der Waals surface area contributed by atoms with Gasteiger partial charge in [0.1, 0.15) is 23.7 Å². The number of aliphatic hydroxyl groups excluding tert-OH is 1. The topological polar surface area (TPSA) is 212 Å². The molecule has 16 nitrogen and oxygen atoms in total. The van der Waals surface area contributed by atoms with Crippen LogP contribution in [0.15, 0.2) is 54.0 Å². The summed E-state index contributed by atoms with van der Waals surface area (Å²) in [6, 6.07) is 9.28. The average Bonchev–Trinajstić information content (AvgIpc) is 3.75. The van der Waals surface area contributed by atoms with Gasteiger partial charge in [-0.15, -0.1) is 11.3 Å². The van der Waals surface area contributed by atoms with E-state index in [1.165, 1.54) is 28.4 Å². The third-order valence-corrected chi connectivity index (χ3v) is 14.0. The van der Waals surface area contributed by atoms with Crippen LogP contribution in [0.3, 0.4) is 0 Å². The number of aliphatic hydroxyl groups is 1. The first-order valence-electron chi connectivity index (χ1n) is 24.3. The smallest absolute Gasteiger partial charge is 0.277 e. The third kappa shape index (κ3) is 16.0. The Morgan fingerprint density at radius 2 is 1.66 bits per heavy atom. The van der Waals surface area contributed by atoms with Crippen LogP contribution in [0, 0.1) is 33.4 Å². The number of rotatable bonds is 26. The number of halogens is 5. The number of ether oxygens (including phenoxy) is 1. The van der Waals surface area contributed by atoms with Gasteiger partial charge in [0, 0.05) is 35.2 Å². The summed E-state index contributed by atoms with van der Waals surface area (Å²) in [6.07, 6.45) is 4.20. The van der Waals surface area contributed by atoms with Gasteiger partial charge >= 0.3 is 0 Å². The number of likely N-dealkylation sites (tertiary alicyclic amines) is 1. The molecule has 22 heteroatoms. The van der Waals surface area contributed by atoms with Crippen molar-refractivity contribution in [3.8, 4) is 16.2 Å². The number of carbonyl (C=O) groups excluding carboxylic acids is 5. The number of carbonyl (C=O) groups is 5. The molecule has 5 amide bonds. The number of hydroxylamine groups is 1. The minimum atomic E-state index is -2.00. The van der Waals surface area contributed by atoms with Gasteiger partial charge in [-0.25, -0.2) is 28.0 Å². The van der Waals surface area contributed by atoms with Gasteiger partial charge in [-0.1, -0.05) is 52.2 Å². The van der Waals surface area contributed by atoms with E-state index in [4.69, 9.17) is 9.57 Å². The maximum absolute atomic E-state index is 14.7. The van der Waals surface area contributed by atoms with Crippen LogP contribution < -0.4 is 36.8 Å². The number of unbranched alkanes of at least 4 members (excludes halogenated alkanes) is 4. The summed E-state index contributed by atoms with van der Waals surface area (Å²) < 4.78 is 64.4. The first-order valence-corrected chi connectivity index (χ1v) is 26.2. The Kier molecular flexibility index (Phi) is 20.4. The molecule has 1 saturated heterocycles. The first-order chi connectivity index (χ1) is 34.7. The number of nitrogens with one attached hydrogen (secondary N) is 6. The SMILES string of the molecule is Cc1ncsc1-c1ccc(CNC(=O)C2CC(O)CN2C(=O)[C@@H](NC(=O)C2(F)CC2)C(C)(C)C)c(OCC(=O)NCCCCCCCNCCCONC(=O)c2ccc(F)c(F)c2Nc2ccc(I)cc2F)c1. The van der Waals surface area contributed by atoms with Crippen LogP contribution in [0.25, 0.3) is 10.4 Å². The molecule has 0 radical (unpaired) electrons. The number of alkyl halides is 1. The van der Waals surface area contributed by atoms with E-state index in [-0.39, 0.29) is 62.7 Å². The lowest BCUT2D eigenvalue weighted by Gasteiger charge is -2.35. The van der Waals surface area contributed by atoms with E-state index in [0.29, 0.717) is 34.4 Å². The second kappa shape index (κ2) is 26.2. The zero-order valence-electron chi connectivity index (χ0n) is 41.2. The fourth-order valence-electron chi connectivity index (χ4n) is 8.05. The van der Waals surface area contributed by atoms with Gasteiger partial charge in [0.25, 0.3) is 17.7 Å². The molecule has 7 N–H and O–H groups in total. The van der Waals surface area contributed by atoms with Gasteiger partial charge in [0.2, 0.25) is 11.8 Å². The van der Waals surface area contributed by atoms with E-state index in [9.17, 15) is 46.6 Å². The second-order valence-corrected chi connectivity index (χ2v) is 21.4. The number of anilines is 2. The Morgan fingerprint density at radius 1 is 0.932 bits per heavy atom. The maximum atomic E-state index is 14.7. The minimum Gasteiger partial charge on any atom is -0.483 e. The summed E-state index contributed by atoms with van der Waals surface area (Å²) in [6.45, 7) is 8.62. The van der Waals surface area contributed by atoms with Crippen molar-refractivity contribution in [3.63, 3.8) is 0 Å². The summed E-state index contributed by atoms with van der Waals surface area (Å²) >= 11 is 3.37. The Hall–Kier alpha value is -5.43. The van der Waals surface area contributed by atoms with E-state index in [2.05, 4.69) is 37.0 Å². The number of hydrogen-bond donors (Lipinski definition) is 7. The van der Waals surface area contributed by atoms with Crippen molar-refractivity contribution in [2.45, 2.75) is 116 Å². The van der Waals surface area contributed by atoms with Crippen molar-refractivity contribution in [3.05, 3.63) is 91.9 Å². The van der Waals surface area contributed by atoms with Crippen molar-refractivity contribution in [2.75, 3.05) is 44.7 Å². The molecule has 3 aromatic carbocycles. The summed E-state index contributed by atoms with van der Waals surface area (Å²) in [4.78, 5) is 77.8. The third-order valence-electron chi connectivity index (χ3n) is 12.4. The molecule has 1 aliphatic heterocycles. The van der Waals surface area contributed by atoms with Crippen molar-refractivity contribution in [1.82, 2.24) is 36.6 Å². The molecule has 2 fully saturated rings. The second-order valence-electron chi connectivity index (χ2n) is 19.3. The molecule has 1 aromatic heterocycles. The van der Waals surface area contributed by atoms with Gasteiger partial charge in [0.15, 0.2) is 23.9 Å². The number of benzene rings is 3. The molecule has 2 aliphatic rings. The standard InChI is InChI=1S/C51H63F4IN8O8S/c1-30-44(73-29-60-30)31-11-12-32(26-59-47(68)39-25-34(65)27-64(39)48(69)45(50(2,3)4)62-49(70)51(55)17-18-51)40(23-31)71-28-41(66)58-21-9-7-5-6-8-19-57-20-10-22-72-63-46(67)35-14-15-36(52)42(54)43(35)61-38-16-13-33(56)24-37(38)53/h11-16,23-24,29,34,39,45,57,61,65H,5-10,17-22,25-28H2,1-4H3,(H,58,66)(H,59,68)(H,62,70)(H,63,67)/t34?,39?,45-/m1/s1. The lowest BCUT2D eigenvalue weighted by Crippen LogP contribution is -2.59. The predicted molar refractivity (Wildman–Crippen MR) is 276 cm³/mol. The predicted octanol–water partition coefficient (Wildman–Crippen LogP) is 7.28. The fourth-order valence-corrected chi connectivity index (χ4v) is 9.31. The van der Waals surface area contributed by atoms with Crippen LogP contribution in [-0.4, -0.2) is 108 Å². The molecule has 0 spiro atoms. The average molecular weight is 1150 g/mol. The lowest BCUT2D eigenvalue weighted by atomic mass is 9.85. The largest absolute Gasteiger partial charge is 0.483 e. The molecule has 2 unspecified atom stereocenters. The normalized spacial score (nSPS) is 16.4. The van der Waals surface area contributed by atoms with Crippen LogP contribution >= 0.6 is 33.9 Å². The van der Waals surface area contributed by atoms with Crippen molar-refractivity contribution in [2.24, 2.45) is 5.41 Å². The molecule has 1 aliphatic carbocycles. The van der Waals surface area contributed by atoms with Gasteiger partial charge in [0.05, 0.1) is 45.7 Å².